The molecule has 0 unspecified atom stereocenters. The highest BCUT2D eigenvalue weighted by atomic mass is 79.9. The highest BCUT2D eigenvalue weighted by Crippen LogP contribution is 2.20. The van der Waals surface area contributed by atoms with Crippen LogP contribution in [0.5, 0.6) is 0 Å². The molecule has 5 heteroatoms. The van der Waals surface area contributed by atoms with Crippen molar-refractivity contribution in [2.24, 2.45) is 0 Å². The van der Waals surface area contributed by atoms with Crippen LogP contribution in [0, 0.1) is 0 Å². The van der Waals surface area contributed by atoms with E-state index in [9.17, 15) is 4.79 Å². The van der Waals surface area contributed by atoms with E-state index in [1.807, 2.05) is 24.3 Å². The molecular weight excluding hydrogens is 248 g/mol. The van der Waals surface area contributed by atoms with Crippen LogP contribution in [-0.2, 0) is 4.74 Å². The summed E-state index contributed by atoms with van der Waals surface area (Å²) < 4.78 is 6.10. The Kier molecular flexibility index (Phi) is 2.25. The second-order valence-electron chi connectivity index (χ2n) is 2.72. The summed E-state index contributed by atoms with van der Waals surface area (Å²) in [6, 6.07) is 7.42. The smallest absolute Gasteiger partial charge is 0.359 e. The minimum atomic E-state index is -0.431. The van der Waals surface area contributed by atoms with Gasteiger partial charge in [0.15, 0.2) is 5.69 Å². The molecule has 2 rings (SSSR count). The van der Waals surface area contributed by atoms with Crippen molar-refractivity contribution in [1.29, 1.82) is 0 Å². The Morgan fingerprint density at radius 1 is 1.50 bits per heavy atom. The lowest BCUT2D eigenvalue weighted by Crippen LogP contribution is -2.02. The van der Waals surface area contributed by atoms with Crippen molar-refractivity contribution in [3.63, 3.8) is 0 Å². The van der Waals surface area contributed by atoms with Crippen LogP contribution in [0.4, 0.5) is 0 Å². The monoisotopic (exact) mass is 254 g/mol. The first-order valence-electron chi connectivity index (χ1n) is 3.96. The molecule has 4 nitrogen and oxygen atoms in total. The first-order chi connectivity index (χ1) is 6.74. The third-order valence-corrected chi connectivity index (χ3v) is 2.47. The number of hydrogen-bond donors (Lipinski definition) is 0. The summed E-state index contributed by atoms with van der Waals surface area (Å²) in [7, 11) is 1.34. The van der Waals surface area contributed by atoms with E-state index in [1.165, 1.54) is 10.8 Å². The van der Waals surface area contributed by atoms with Gasteiger partial charge in [0.1, 0.15) is 0 Å². The van der Waals surface area contributed by atoms with Crippen molar-refractivity contribution < 1.29 is 9.53 Å². The molecule has 0 spiro atoms. The quantitative estimate of drug-likeness (QED) is 0.732. The number of ether oxygens (including phenoxy) is 1. The van der Waals surface area contributed by atoms with Crippen LogP contribution in [0.2, 0.25) is 0 Å². The van der Waals surface area contributed by atoms with E-state index < -0.39 is 5.97 Å². The van der Waals surface area contributed by atoms with Crippen LogP contribution < -0.4 is 0 Å². The molecule has 0 aliphatic carbocycles. The number of para-hydroxylation sites is 1. The summed E-state index contributed by atoms with van der Waals surface area (Å²) in [4.78, 5) is 11.3. The summed E-state index contributed by atoms with van der Waals surface area (Å²) >= 11 is 3.21. The molecule has 0 saturated carbocycles. The van der Waals surface area contributed by atoms with E-state index in [2.05, 4.69) is 26.0 Å². The summed E-state index contributed by atoms with van der Waals surface area (Å²) in [5.74, 6) is -0.431. The number of fused-ring (bicyclic) bond motifs is 1. The van der Waals surface area contributed by atoms with Crippen molar-refractivity contribution in [2.45, 2.75) is 0 Å². The van der Waals surface area contributed by atoms with Gasteiger partial charge in [0.25, 0.3) is 0 Å². The van der Waals surface area contributed by atoms with Gasteiger partial charge in [-0.25, -0.2) is 4.79 Å². The molecule has 0 saturated heterocycles. The third-order valence-electron chi connectivity index (χ3n) is 1.92. The zero-order valence-corrected chi connectivity index (χ0v) is 8.98. The standard InChI is InChI=1S/C9H7BrN2O2/c1-14-9(13)8-6-4-2-3-5-7(6)12(10)11-8/h2-5H,1H3. The Hall–Kier alpha value is -1.36. The fourth-order valence-corrected chi connectivity index (χ4v) is 1.75. The lowest BCUT2D eigenvalue weighted by atomic mass is 10.2. The Labute approximate surface area is 88.8 Å². The van der Waals surface area contributed by atoms with Gasteiger partial charge in [-0.2, -0.15) is 8.81 Å². The number of methoxy groups -OCH3 is 1. The molecule has 1 heterocycles. The fourth-order valence-electron chi connectivity index (χ4n) is 1.28. The van der Waals surface area contributed by atoms with Crippen molar-refractivity contribution in [3.05, 3.63) is 30.0 Å². The number of benzene rings is 1. The molecule has 0 amide bonds. The third kappa shape index (κ3) is 1.29. The maximum absolute atomic E-state index is 11.3. The fraction of sp³-hybridized carbons (Fsp3) is 0.111. The normalized spacial score (nSPS) is 10.4. The van der Waals surface area contributed by atoms with Crippen LogP contribution >= 0.6 is 16.1 Å². The molecule has 0 aliphatic heterocycles. The summed E-state index contributed by atoms with van der Waals surface area (Å²) in [5, 5.41) is 4.79. The molecular formula is C9H7BrN2O2. The van der Waals surface area contributed by atoms with Gasteiger partial charge in [-0.05, 0) is 6.07 Å². The number of aromatic nitrogens is 2. The van der Waals surface area contributed by atoms with Gasteiger partial charge >= 0.3 is 5.97 Å². The topological polar surface area (TPSA) is 44.1 Å². The molecule has 1 aromatic carbocycles. The largest absolute Gasteiger partial charge is 0.464 e. The van der Waals surface area contributed by atoms with E-state index >= 15 is 0 Å². The lowest BCUT2D eigenvalue weighted by Gasteiger charge is -1.93. The molecule has 0 aliphatic rings. The van der Waals surface area contributed by atoms with Gasteiger partial charge in [0.2, 0.25) is 0 Å². The maximum Gasteiger partial charge on any atom is 0.359 e. The van der Waals surface area contributed by atoms with Gasteiger partial charge < -0.3 is 4.74 Å². The molecule has 0 radical (unpaired) electrons. The molecule has 1 aromatic heterocycles. The Morgan fingerprint density at radius 2 is 2.21 bits per heavy atom. The second-order valence-corrected chi connectivity index (χ2v) is 3.39. The first-order valence-corrected chi connectivity index (χ1v) is 4.67. The van der Waals surface area contributed by atoms with E-state index in [0.717, 1.165) is 10.9 Å². The Bertz CT molecular complexity index is 493. The minimum Gasteiger partial charge on any atom is -0.464 e. The molecule has 2 aromatic rings. The number of halogens is 1. The molecule has 0 N–H and O–H groups in total. The lowest BCUT2D eigenvalue weighted by molar-refractivity contribution is 0.0596. The summed E-state index contributed by atoms with van der Waals surface area (Å²) in [6.07, 6.45) is 0. The highest BCUT2D eigenvalue weighted by Gasteiger charge is 2.15. The van der Waals surface area contributed by atoms with Crippen LogP contribution in [0.15, 0.2) is 24.3 Å². The van der Waals surface area contributed by atoms with Crippen molar-refractivity contribution in [3.8, 4) is 0 Å². The predicted molar refractivity (Wildman–Crippen MR) is 55.4 cm³/mol. The predicted octanol–water partition coefficient (Wildman–Crippen LogP) is 1.98. The molecule has 0 fully saturated rings. The first kappa shape index (κ1) is 9.21. The van der Waals surface area contributed by atoms with Crippen molar-refractivity contribution >= 4 is 33.0 Å². The maximum atomic E-state index is 11.3. The SMILES string of the molecule is COC(=O)c1nn(Br)c2ccccc12. The molecule has 72 valence electrons. The van der Waals surface area contributed by atoms with Crippen LogP contribution in [0.3, 0.4) is 0 Å². The number of esters is 1. The Morgan fingerprint density at radius 3 is 2.93 bits per heavy atom. The van der Waals surface area contributed by atoms with Crippen LogP contribution in [0.25, 0.3) is 10.9 Å². The zero-order valence-electron chi connectivity index (χ0n) is 7.40. The number of carbonyl (C=O) groups is 1. The van der Waals surface area contributed by atoms with Gasteiger partial charge in [-0.3, -0.25) is 0 Å². The van der Waals surface area contributed by atoms with E-state index in [0.29, 0.717) is 5.69 Å². The van der Waals surface area contributed by atoms with E-state index in [4.69, 9.17) is 0 Å². The van der Waals surface area contributed by atoms with E-state index in [-0.39, 0.29) is 0 Å². The van der Waals surface area contributed by atoms with Gasteiger partial charge in [0.05, 0.1) is 28.8 Å². The van der Waals surface area contributed by atoms with E-state index in [1.54, 1.807) is 0 Å². The van der Waals surface area contributed by atoms with Crippen LogP contribution in [0.1, 0.15) is 10.5 Å². The number of rotatable bonds is 1. The van der Waals surface area contributed by atoms with Crippen LogP contribution in [-0.4, -0.2) is 21.9 Å². The molecule has 0 atom stereocenters. The molecule has 14 heavy (non-hydrogen) atoms. The Balaban J connectivity index is 2.72. The average molecular weight is 255 g/mol. The van der Waals surface area contributed by atoms with Gasteiger partial charge in [-0.1, -0.05) is 18.2 Å². The second kappa shape index (κ2) is 3.42. The summed E-state index contributed by atoms with van der Waals surface area (Å²) in [6.45, 7) is 0. The highest BCUT2D eigenvalue weighted by molar-refractivity contribution is 9.08. The number of carbonyl (C=O) groups excluding carboxylic acids is 1. The average Bonchev–Trinajstić information content (AvgIpc) is 2.56. The minimum absolute atomic E-state index is 0.319. The van der Waals surface area contributed by atoms with Gasteiger partial charge in [0, 0.05) is 5.39 Å². The van der Waals surface area contributed by atoms with Gasteiger partial charge in [-0.15, -0.1) is 0 Å². The van der Waals surface area contributed by atoms with Crippen molar-refractivity contribution in [1.82, 2.24) is 8.81 Å². The summed E-state index contributed by atoms with van der Waals surface area (Å²) in [5.41, 5.74) is 1.16. The number of nitrogens with zero attached hydrogens (tertiary/aromatic N) is 2. The van der Waals surface area contributed by atoms with Crippen molar-refractivity contribution in [2.75, 3.05) is 7.11 Å². The number of hydrogen-bond acceptors (Lipinski definition) is 3. The zero-order chi connectivity index (χ0) is 10.1. The molecule has 0 bridgehead atoms.